The molecule has 3 heteroatoms. The molecule has 0 radical (unpaired) electrons. The van der Waals surface area contributed by atoms with Crippen molar-refractivity contribution in [3.8, 4) is 0 Å². The molecule has 3 nitrogen and oxygen atoms in total. The molecule has 0 heterocycles. The number of guanidine groups is 1. The van der Waals surface area contributed by atoms with E-state index in [1.807, 2.05) is 0 Å². The summed E-state index contributed by atoms with van der Waals surface area (Å²) in [6.45, 7) is 3.03. The Labute approximate surface area is 61.5 Å². The Morgan fingerprint density at radius 3 is 2.40 bits per heavy atom. The zero-order valence-corrected chi connectivity index (χ0v) is 6.43. The second-order valence-corrected chi connectivity index (χ2v) is 3.41. The van der Waals surface area contributed by atoms with Crippen LogP contribution in [0.4, 0.5) is 0 Å². The molecule has 1 aliphatic rings. The highest BCUT2D eigenvalue weighted by Crippen LogP contribution is 2.40. The fourth-order valence-electron chi connectivity index (χ4n) is 1.22. The van der Waals surface area contributed by atoms with Gasteiger partial charge in [-0.05, 0) is 18.3 Å². The summed E-state index contributed by atoms with van der Waals surface area (Å²) in [4.78, 5) is 3.99. The normalized spacial score (nSPS) is 21.3. The van der Waals surface area contributed by atoms with E-state index in [4.69, 9.17) is 11.5 Å². The molecule has 0 aromatic heterocycles. The van der Waals surface area contributed by atoms with E-state index in [9.17, 15) is 0 Å². The lowest BCUT2D eigenvalue weighted by Gasteiger charge is -2.36. The molecule has 0 amide bonds. The van der Waals surface area contributed by atoms with Gasteiger partial charge >= 0.3 is 0 Å². The molecule has 1 rings (SSSR count). The van der Waals surface area contributed by atoms with Gasteiger partial charge in [0.05, 0.1) is 0 Å². The maximum atomic E-state index is 5.21. The third kappa shape index (κ3) is 1.62. The van der Waals surface area contributed by atoms with E-state index in [2.05, 4.69) is 11.9 Å². The third-order valence-electron chi connectivity index (χ3n) is 2.20. The standard InChI is InChI=1S/C7H15N3/c1-7(3-2-4-7)5-10-6(8)9/h2-5H2,1H3,(H4,8,9,10). The smallest absolute Gasteiger partial charge is 0.185 e. The van der Waals surface area contributed by atoms with Crippen LogP contribution in [0, 0.1) is 5.41 Å². The SMILES string of the molecule is CC1(CN=C(N)N)CCC1. The maximum absolute atomic E-state index is 5.21. The highest BCUT2D eigenvalue weighted by atomic mass is 15.0. The second kappa shape index (κ2) is 2.48. The van der Waals surface area contributed by atoms with Crippen molar-refractivity contribution in [2.75, 3.05) is 6.54 Å². The Hall–Kier alpha value is -0.730. The minimum absolute atomic E-state index is 0.216. The molecule has 0 saturated heterocycles. The van der Waals surface area contributed by atoms with Gasteiger partial charge in [-0.1, -0.05) is 13.3 Å². The first kappa shape index (κ1) is 7.38. The summed E-state index contributed by atoms with van der Waals surface area (Å²) in [5.74, 6) is 0.216. The van der Waals surface area contributed by atoms with Gasteiger partial charge < -0.3 is 11.5 Å². The van der Waals surface area contributed by atoms with Gasteiger partial charge in [-0.3, -0.25) is 4.99 Å². The summed E-state index contributed by atoms with van der Waals surface area (Å²) in [7, 11) is 0. The van der Waals surface area contributed by atoms with Gasteiger partial charge in [-0.25, -0.2) is 0 Å². The molecular formula is C7H15N3. The largest absolute Gasteiger partial charge is 0.370 e. The number of nitrogens with zero attached hydrogens (tertiary/aromatic N) is 1. The van der Waals surface area contributed by atoms with Crippen molar-refractivity contribution >= 4 is 5.96 Å². The Kier molecular flexibility index (Phi) is 1.83. The number of hydrogen-bond acceptors (Lipinski definition) is 1. The van der Waals surface area contributed by atoms with E-state index >= 15 is 0 Å². The molecule has 1 fully saturated rings. The monoisotopic (exact) mass is 141 g/mol. The first-order chi connectivity index (χ1) is 4.62. The predicted molar refractivity (Wildman–Crippen MR) is 42.6 cm³/mol. The van der Waals surface area contributed by atoms with Gasteiger partial charge in [0.25, 0.3) is 0 Å². The van der Waals surface area contributed by atoms with Gasteiger partial charge in [-0.15, -0.1) is 0 Å². The van der Waals surface area contributed by atoms with Crippen molar-refractivity contribution < 1.29 is 0 Å². The lowest BCUT2D eigenvalue weighted by atomic mass is 9.71. The van der Waals surface area contributed by atoms with Crippen LogP contribution in [0.2, 0.25) is 0 Å². The van der Waals surface area contributed by atoms with Crippen LogP contribution in [-0.2, 0) is 0 Å². The summed E-state index contributed by atoms with van der Waals surface area (Å²) in [5, 5.41) is 0. The Balaban J connectivity index is 2.31. The third-order valence-corrected chi connectivity index (χ3v) is 2.20. The lowest BCUT2D eigenvalue weighted by Crippen LogP contribution is -2.31. The molecule has 0 bridgehead atoms. The zero-order chi connectivity index (χ0) is 7.61. The molecular weight excluding hydrogens is 126 g/mol. The molecule has 1 saturated carbocycles. The van der Waals surface area contributed by atoms with Crippen LogP contribution < -0.4 is 11.5 Å². The van der Waals surface area contributed by atoms with Crippen molar-refractivity contribution in [1.82, 2.24) is 0 Å². The highest BCUT2D eigenvalue weighted by Gasteiger charge is 2.31. The summed E-state index contributed by atoms with van der Waals surface area (Å²) < 4.78 is 0. The molecule has 0 aliphatic heterocycles. The minimum Gasteiger partial charge on any atom is -0.370 e. The van der Waals surface area contributed by atoms with Crippen molar-refractivity contribution in [3.63, 3.8) is 0 Å². The molecule has 1 aliphatic carbocycles. The summed E-state index contributed by atoms with van der Waals surface area (Å²) in [6, 6.07) is 0. The van der Waals surface area contributed by atoms with Crippen LogP contribution in [-0.4, -0.2) is 12.5 Å². The van der Waals surface area contributed by atoms with E-state index in [0.29, 0.717) is 5.41 Å². The van der Waals surface area contributed by atoms with Crippen LogP contribution >= 0.6 is 0 Å². The first-order valence-electron chi connectivity index (χ1n) is 3.68. The van der Waals surface area contributed by atoms with Crippen molar-refractivity contribution in [1.29, 1.82) is 0 Å². The summed E-state index contributed by atoms with van der Waals surface area (Å²) in [5.41, 5.74) is 10.8. The van der Waals surface area contributed by atoms with Gasteiger partial charge in [-0.2, -0.15) is 0 Å². The molecule has 0 spiro atoms. The van der Waals surface area contributed by atoms with Crippen LogP contribution in [0.3, 0.4) is 0 Å². The Morgan fingerprint density at radius 1 is 1.50 bits per heavy atom. The van der Waals surface area contributed by atoms with Gasteiger partial charge in [0.1, 0.15) is 0 Å². The minimum atomic E-state index is 0.216. The summed E-state index contributed by atoms with van der Waals surface area (Å²) in [6.07, 6.45) is 3.87. The van der Waals surface area contributed by atoms with Gasteiger partial charge in [0.2, 0.25) is 0 Å². The van der Waals surface area contributed by atoms with Crippen LogP contribution in [0.15, 0.2) is 4.99 Å². The average Bonchev–Trinajstić information content (AvgIpc) is 1.79. The van der Waals surface area contributed by atoms with Gasteiger partial charge in [0, 0.05) is 6.54 Å². The molecule has 0 aromatic rings. The van der Waals surface area contributed by atoms with E-state index in [1.165, 1.54) is 19.3 Å². The quantitative estimate of drug-likeness (QED) is 0.433. The average molecular weight is 141 g/mol. The number of aliphatic imine (C=N–C) groups is 1. The summed E-state index contributed by atoms with van der Waals surface area (Å²) >= 11 is 0. The predicted octanol–water partition coefficient (Wildman–Crippen LogP) is 0.450. The number of rotatable bonds is 2. The number of nitrogens with two attached hydrogens (primary N) is 2. The fourth-order valence-corrected chi connectivity index (χ4v) is 1.22. The lowest BCUT2D eigenvalue weighted by molar-refractivity contribution is 0.174. The van der Waals surface area contributed by atoms with Gasteiger partial charge in [0.15, 0.2) is 5.96 Å². The van der Waals surface area contributed by atoms with Crippen molar-refractivity contribution in [2.24, 2.45) is 21.9 Å². The molecule has 0 aromatic carbocycles. The van der Waals surface area contributed by atoms with E-state index < -0.39 is 0 Å². The van der Waals surface area contributed by atoms with Crippen molar-refractivity contribution in [2.45, 2.75) is 26.2 Å². The van der Waals surface area contributed by atoms with E-state index in [0.717, 1.165) is 6.54 Å². The maximum Gasteiger partial charge on any atom is 0.185 e. The second-order valence-electron chi connectivity index (χ2n) is 3.41. The number of hydrogen-bond donors (Lipinski definition) is 2. The molecule has 4 N–H and O–H groups in total. The topological polar surface area (TPSA) is 64.4 Å². The highest BCUT2D eigenvalue weighted by molar-refractivity contribution is 5.75. The zero-order valence-electron chi connectivity index (χ0n) is 6.43. The van der Waals surface area contributed by atoms with E-state index in [-0.39, 0.29) is 5.96 Å². The van der Waals surface area contributed by atoms with Crippen molar-refractivity contribution in [3.05, 3.63) is 0 Å². The fraction of sp³-hybridized carbons (Fsp3) is 0.857. The molecule has 10 heavy (non-hydrogen) atoms. The van der Waals surface area contributed by atoms with E-state index in [1.54, 1.807) is 0 Å². The molecule has 0 atom stereocenters. The molecule has 58 valence electrons. The van der Waals surface area contributed by atoms with Crippen LogP contribution in [0.5, 0.6) is 0 Å². The molecule has 0 unspecified atom stereocenters. The first-order valence-corrected chi connectivity index (χ1v) is 3.68. The Bertz CT molecular complexity index is 143. The van der Waals surface area contributed by atoms with Crippen LogP contribution in [0.1, 0.15) is 26.2 Å². The van der Waals surface area contributed by atoms with Crippen LogP contribution in [0.25, 0.3) is 0 Å². The Morgan fingerprint density at radius 2 is 2.10 bits per heavy atom.